The highest BCUT2D eigenvalue weighted by atomic mass is 79.9. The van der Waals surface area contributed by atoms with Crippen molar-refractivity contribution >= 4 is 21.8 Å². The molecule has 0 aromatic rings. The molecule has 0 aromatic heterocycles. The summed E-state index contributed by atoms with van der Waals surface area (Å²) < 4.78 is 5.29. The second kappa shape index (κ2) is 7.28. The molecule has 4 heteroatoms. The molecule has 0 aliphatic carbocycles. The van der Waals surface area contributed by atoms with Crippen molar-refractivity contribution < 1.29 is 9.53 Å². The van der Waals surface area contributed by atoms with E-state index in [0.29, 0.717) is 12.6 Å². The predicted molar refractivity (Wildman–Crippen MR) is 68.8 cm³/mol. The Kier molecular flexibility index (Phi) is 6.36. The first kappa shape index (κ1) is 14.0. The Hall–Kier alpha value is -0.0900. The highest BCUT2D eigenvalue weighted by molar-refractivity contribution is 9.09. The molecule has 1 saturated heterocycles. The van der Waals surface area contributed by atoms with E-state index in [1.807, 2.05) is 4.90 Å². The van der Waals surface area contributed by atoms with Crippen molar-refractivity contribution in [1.82, 2.24) is 4.90 Å². The zero-order chi connectivity index (χ0) is 12.0. The van der Waals surface area contributed by atoms with Gasteiger partial charge in [-0.25, -0.2) is 0 Å². The first-order valence-corrected chi connectivity index (χ1v) is 7.30. The first-order valence-electron chi connectivity index (χ1n) is 6.18. The molecule has 1 amide bonds. The molecule has 0 bridgehead atoms. The maximum absolute atomic E-state index is 12.3. The number of hydrogen-bond donors (Lipinski definition) is 0. The molecular formula is C12H22BrNO2. The van der Waals surface area contributed by atoms with Crippen molar-refractivity contribution in [1.29, 1.82) is 0 Å². The van der Waals surface area contributed by atoms with Crippen molar-refractivity contribution in [3.63, 3.8) is 0 Å². The van der Waals surface area contributed by atoms with Crippen molar-refractivity contribution in [3.05, 3.63) is 0 Å². The van der Waals surface area contributed by atoms with Crippen LogP contribution in [0.4, 0.5) is 0 Å². The van der Waals surface area contributed by atoms with E-state index in [4.69, 9.17) is 4.74 Å². The maximum Gasteiger partial charge on any atom is 0.228 e. The molecule has 0 aromatic carbocycles. The van der Waals surface area contributed by atoms with Gasteiger partial charge in [-0.15, -0.1) is 0 Å². The summed E-state index contributed by atoms with van der Waals surface area (Å²) in [5, 5.41) is 0.850. The monoisotopic (exact) mass is 291 g/mol. The van der Waals surface area contributed by atoms with E-state index >= 15 is 0 Å². The van der Waals surface area contributed by atoms with Crippen LogP contribution >= 0.6 is 15.9 Å². The average molecular weight is 292 g/mol. The maximum atomic E-state index is 12.3. The molecule has 0 saturated carbocycles. The largest absolute Gasteiger partial charge is 0.381 e. The molecule has 1 unspecified atom stereocenters. The van der Waals surface area contributed by atoms with Gasteiger partial charge in [-0.05, 0) is 19.3 Å². The van der Waals surface area contributed by atoms with Gasteiger partial charge in [-0.2, -0.15) is 0 Å². The van der Waals surface area contributed by atoms with Gasteiger partial charge in [0.05, 0.1) is 12.5 Å². The summed E-state index contributed by atoms with van der Waals surface area (Å²) in [6.45, 7) is 6.45. The average Bonchev–Trinajstić information content (AvgIpc) is 2.82. The summed E-state index contributed by atoms with van der Waals surface area (Å²) in [6, 6.07) is 0.380. The summed E-state index contributed by atoms with van der Waals surface area (Å²) in [4.78, 5) is 14.4. The normalized spacial score (nSPS) is 20.4. The third kappa shape index (κ3) is 3.45. The number of carbonyl (C=O) groups is 1. The summed E-state index contributed by atoms with van der Waals surface area (Å²) in [5.41, 5.74) is 0. The Labute approximate surface area is 107 Å². The quantitative estimate of drug-likeness (QED) is 0.704. The summed E-state index contributed by atoms with van der Waals surface area (Å²) in [6.07, 6.45) is 2.95. The van der Waals surface area contributed by atoms with E-state index in [9.17, 15) is 4.79 Å². The number of nitrogens with zero attached hydrogens (tertiary/aromatic N) is 1. The van der Waals surface area contributed by atoms with Crippen LogP contribution in [0.5, 0.6) is 0 Å². The molecule has 1 rings (SSSR count). The Bertz CT molecular complexity index is 213. The van der Waals surface area contributed by atoms with Gasteiger partial charge >= 0.3 is 0 Å². The van der Waals surface area contributed by atoms with Crippen LogP contribution in [0.2, 0.25) is 0 Å². The number of hydrogen-bond acceptors (Lipinski definition) is 2. The Morgan fingerprint density at radius 3 is 2.62 bits per heavy atom. The molecule has 1 aliphatic rings. The minimum atomic E-state index is 0.0969. The van der Waals surface area contributed by atoms with E-state index in [1.54, 1.807) is 0 Å². The Morgan fingerprint density at radius 2 is 2.19 bits per heavy atom. The van der Waals surface area contributed by atoms with E-state index in [0.717, 1.165) is 37.7 Å². The third-order valence-corrected chi connectivity index (χ3v) is 3.63. The van der Waals surface area contributed by atoms with Gasteiger partial charge in [0.2, 0.25) is 5.91 Å². The van der Waals surface area contributed by atoms with Crippen LogP contribution in [0.25, 0.3) is 0 Å². The van der Waals surface area contributed by atoms with Crippen molar-refractivity contribution in [3.8, 4) is 0 Å². The van der Waals surface area contributed by atoms with Crippen molar-refractivity contribution in [2.75, 3.05) is 25.1 Å². The number of halogens is 1. The predicted octanol–water partition coefficient (Wildman–Crippen LogP) is 2.44. The van der Waals surface area contributed by atoms with Crippen LogP contribution in [-0.2, 0) is 9.53 Å². The van der Waals surface area contributed by atoms with Gasteiger partial charge in [0, 0.05) is 24.5 Å². The number of alkyl halides is 1. The van der Waals surface area contributed by atoms with Crippen LogP contribution < -0.4 is 0 Å². The summed E-state index contributed by atoms with van der Waals surface area (Å²) in [7, 11) is 0. The smallest absolute Gasteiger partial charge is 0.228 e. The standard InChI is InChI=1S/C12H22BrNO2/c1-3-11(4-2)14(7-6-13)12(15)10-5-8-16-9-10/h10-11H,3-9H2,1-2H3. The molecule has 1 fully saturated rings. The molecule has 16 heavy (non-hydrogen) atoms. The summed E-state index contributed by atoms with van der Waals surface area (Å²) in [5.74, 6) is 0.380. The first-order chi connectivity index (χ1) is 7.74. The van der Waals surface area contributed by atoms with Crippen LogP contribution in [0.1, 0.15) is 33.1 Å². The van der Waals surface area contributed by atoms with Crippen molar-refractivity contribution in [2.24, 2.45) is 5.92 Å². The molecule has 3 nitrogen and oxygen atoms in total. The van der Waals surface area contributed by atoms with Gasteiger partial charge in [0.25, 0.3) is 0 Å². The van der Waals surface area contributed by atoms with Gasteiger partial charge in [0.1, 0.15) is 0 Å². The summed E-state index contributed by atoms with van der Waals surface area (Å²) >= 11 is 3.43. The second-order valence-corrected chi connectivity index (χ2v) is 5.04. The van der Waals surface area contributed by atoms with Crippen LogP contribution in [0.15, 0.2) is 0 Å². The second-order valence-electron chi connectivity index (χ2n) is 4.25. The zero-order valence-electron chi connectivity index (χ0n) is 10.2. The highest BCUT2D eigenvalue weighted by Crippen LogP contribution is 2.19. The van der Waals surface area contributed by atoms with E-state index in [1.165, 1.54) is 0 Å². The lowest BCUT2D eigenvalue weighted by Gasteiger charge is -2.32. The van der Waals surface area contributed by atoms with Crippen LogP contribution in [0, 0.1) is 5.92 Å². The fourth-order valence-corrected chi connectivity index (χ4v) is 2.64. The molecule has 1 aliphatic heterocycles. The van der Waals surface area contributed by atoms with Gasteiger partial charge in [-0.1, -0.05) is 29.8 Å². The molecule has 94 valence electrons. The van der Waals surface area contributed by atoms with Crippen molar-refractivity contribution in [2.45, 2.75) is 39.2 Å². The van der Waals surface area contributed by atoms with E-state index < -0.39 is 0 Å². The molecule has 0 spiro atoms. The number of amides is 1. The fraction of sp³-hybridized carbons (Fsp3) is 0.917. The fourth-order valence-electron chi connectivity index (χ4n) is 2.26. The van der Waals surface area contributed by atoms with Crippen LogP contribution in [0.3, 0.4) is 0 Å². The lowest BCUT2D eigenvalue weighted by atomic mass is 10.0. The number of rotatable bonds is 6. The molecule has 1 atom stereocenters. The zero-order valence-corrected chi connectivity index (χ0v) is 11.8. The van der Waals surface area contributed by atoms with E-state index in [-0.39, 0.29) is 11.8 Å². The molecule has 0 radical (unpaired) electrons. The number of ether oxygens (including phenoxy) is 1. The molecule has 0 N–H and O–H groups in total. The van der Waals surface area contributed by atoms with E-state index in [2.05, 4.69) is 29.8 Å². The Balaban J connectivity index is 2.63. The topological polar surface area (TPSA) is 29.5 Å². The lowest BCUT2D eigenvalue weighted by Crippen LogP contribution is -2.44. The SMILES string of the molecule is CCC(CC)N(CCBr)C(=O)C1CCOC1. The minimum Gasteiger partial charge on any atom is -0.381 e. The minimum absolute atomic E-state index is 0.0969. The highest BCUT2D eigenvalue weighted by Gasteiger charge is 2.30. The molecular weight excluding hydrogens is 270 g/mol. The van der Waals surface area contributed by atoms with Gasteiger partial charge in [0.15, 0.2) is 0 Å². The number of carbonyl (C=O) groups excluding carboxylic acids is 1. The Morgan fingerprint density at radius 1 is 1.50 bits per heavy atom. The van der Waals surface area contributed by atoms with Crippen LogP contribution in [-0.4, -0.2) is 41.9 Å². The third-order valence-electron chi connectivity index (χ3n) is 3.27. The lowest BCUT2D eigenvalue weighted by molar-refractivity contribution is -0.137. The molecule has 1 heterocycles. The van der Waals surface area contributed by atoms with Gasteiger partial charge < -0.3 is 9.64 Å². The van der Waals surface area contributed by atoms with Gasteiger partial charge in [-0.3, -0.25) is 4.79 Å².